The highest BCUT2D eigenvalue weighted by Gasteiger charge is 2.31. The Morgan fingerprint density at radius 3 is 2.55 bits per heavy atom. The lowest BCUT2D eigenvalue weighted by Gasteiger charge is -2.36. The van der Waals surface area contributed by atoms with Gasteiger partial charge in [-0.25, -0.2) is 0 Å². The van der Waals surface area contributed by atoms with Gasteiger partial charge in [0.05, 0.1) is 5.03 Å². The third-order valence-electron chi connectivity index (χ3n) is 4.57. The van der Waals surface area contributed by atoms with E-state index >= 15 is 0 Å². The molecule has 106 valence electrons. The van der Waals surface area contributed by atoms with Crippen molar-refractivity contribution in [2.45, 2.75) is 31.2 Å². The Kier molecular flexibility index (Phi) is 4.21. The van der Waals surface area contributed by atoms with Crippen LogP contribution in [0.1, 0.15) is 42.3 Å². The van der Waals surface area contributed by atoms with Crippen LogP contribution in [0.15, 0.2) is 46.5 Å². The fourth-order valence-corrected chi connectivity index (χ4v) is 3.91. The van der Waals surface area contributed by atoms with E-state index in [0.29, 0.717) is 22.9 Å². The maximum atomic E-state index is 6.25. The van der Waals surface area contributed by atoms with Crippen LogP contribution in [0.4, 0.5) is 0 Å². The SMILES string of the molecule is CNC1CCC(C2C=CC(Cl)=C(Cl)C2)c2ccccc21. The molecule has 0 aliphatic heterocycles. The highest BCUT2D eigenvalue weighted by Crippen LogP contribution is 2.45. The minimum atomic E-state index is 0.462. The van der Waals surface area contributed by atoms with Gasteiger partial charge in [0.15, 0.2) is 0 Å². The fourth-order valence-electron chi connectivity index (χ4n) is 3.52. The third-order valence-corrected chi connectivity index (χ3v) is 5.38. The average Bonchev–Trinajstić information content (AvgIpc) is 2.49. The van der Waals surface area contributed by atoms with Gasteiger partial charge in [0.25, 0.3) is 0 Å². The molecule has 3 rings (SSSR count). The van der Waals surface area contributed by atoms with Crippen molar-refractivity contribution in [1.29, 1.82) is 0 Å². The van der Waals surface area contributed by atoms with Crippen molar-refractivity contribution in [3.63, 3.8) is 0 Å². The summed E-state index contributed by atoms with van der Waals surface area (Å²) >= 11 is 12.3. The van der Waals surface area contributed by atoms with Gasteiger partial charge in [-0.15, -0.1) is 0 Å². The molecule has 0 radical (unpaired) electrons. The quantitative estimate of drug-likeness (QED) is 0.802. The van der Waals surface area contributed by atoms with Crippen molar-refractivity contribution >= 4 is 23.2 Å². The number of halogens is 2. The van der Waals surface area contributed by atoms with Crippen molar-refractivity contribution in [2.75, 3.05) is 7.05 Å². The van der Waals surface area contributed by atoms with E-state index in [0.717, 1.165) is 11.5 Å². The summed E-state index contributed by atoms with van der Waals surface area (Å²) in [4.78, 5) is 0. The Labute approximate surface area is 130 Å². The van der Waals surface area contributed by atoms with Gasteiger partial charge in [-0.2, -0.15) is 0 Å². The smallest absolute Gasteiger partial charge is 0.0548 e. The monoisotopic (exact) mass is 307 g/mol. The first-order valence-corrected chi connectivity index (χ1v) is 7.94. The molecular weight excluding hydrogens is 289 g/mol. The molecule has 1 nitrogen and oxygen atoms in total. The topological polar surface area (TPSA) is 12.0 Å². The van der Waals surface area contributed by atoms with Crippen LogP contribution in [0.2, 0.25) is 0 Å². The number of fused-ring (bicyclic) bond motifs is 1. The zero-order valence-corrected chi connectivity index (χ0v) is 13.1. The van der Waals surface area contributed by atoms with Gasteiger partial charge in [-0.3, -0.25) is 0 Å². The number of allylic oxidation sites excluding steroid dienone is 4. The lowest BCUT2D eigenvalue weighted by molar-refractivity contribution is 0.386. The molecule has 0 bridgehead atoms. The van der Waals surface area contributed by atoms with Crippen molar-refractivity contribution in [3.05, 3.63) is 57.6 Å². The Balaban J connectivity index is 1.91. The summed E-state index contributed by atoms with van der Waals surface area (Å²) in [7, 11) is 2.04. The van der Waals surface area contributed by atoms with Crippen LogP contribution in [0, 0.1) is 5.92 Å². The lowest BCUT2D eigenvalue weighted by atomic mass is 9.72. The van der Waals surface area contributed by atoms with Crippen LogP contribution in [0.25, 0.3) is 0 Å². The van der Waals surface area contributed by atoms with Crippen LogP contribution in [0.5, 0.6) is 0 Å². The third kappa shape index (κ3) is 2.55. The zero-order chi connectivity index (χ0) is 14.1. The number of benzene rings is 1. The molecule has 0 aromatic heterocycles. The second-order valence-corrected chi connectivity index (χ2v) is 6.50. The molecule has 0 spiro atoms. The van der Waals surface area contributed by atoms with Gasteiger partial charge in [0, 0.05) is 11.1 Å². The lowest BCUT2D eigenvalue weighted by Crippen LogP contribution is -2.26. The molecule has 2 aliphatic rings. The summed E-state index contributed by atoms with van der Waals surface area (Å²) in [5.41, 5.74) is 2.91. The molecule has 3 atom stereocenters. The highest BCUT2D eigenvalue weighted by molar-refractivity contribution is 6.40. The fraction of sp³-hybridized carbons (Fsp3) is 0.412. The molecule has 0 heterocycles. The molecule has 3 heteroatoms. The Morgan fingerprint density at radius 1 is 1.10 bits per heavy atom. The van der Waals surface area contributed by atoms with E-state index in [1.165, 1.54) is 24.0 Å². The molecule has 2 aliphatic carbocycles. The maximum absolute atomic E-state index is 6.25. The molecule has 0 saturated carbocycles. The minimum Gasteiger partial charge on any atom is -0.313 e. The van der Waals surface area contributed by atoms with E-state index in [1.807, 2.05) is 13.1 Å². The second-order valence-electron chi connectivity index (χ2n) is 5.63. The first kappa shape index (κ1) is 14.2. The highest BCUT2D eigenvalue weighted by atomic mass is 35.5. The van der Waals surface area contributed by atoms with E-state index in [1.54, 1.807) is 0 Å². The van der Waals surface area contributed by atoms with Crippen molar-refractivity contribution in [3.8, 4) is 0 Å². The van der Waals surface area contributed by atoms with E-state index in [2.05, 4.69) is 35.7 Å². The predicted molar refractivity (Wildman–Crippen MR) is 86.2 cm³/mol. The summed E-state index contributed by atoms with van der Waals surface area (Å²) in [6.45, 7) is 0. The number of hydrogen-bond donors (Lipinski definition) is 1. The summed E-state index contributed by atoms with van der Waals surface area (Å²) in [6.07, 6.45) is 7.43. The zero-order valence-electron chi connectivity index (χ0n) is 11.6. The van der Waals surface area contributed by atoms with E-state index in [4.69, 9.17) is 23.2 Å². The van der Waals surface area contributed by atoms with Crippen LogP contribution in [0.3, 0.4) is 0 Å². The van der Waals surface area contributed by atoms with Gasteiger partial charge in [0.2, 0.25) is 0 Å². The Morgan fingerprint density at radius 2 is 1.85 bits per heavy atom. The molecule has 3 unspecified atom stereocenters. The van der Waals surface area contributed by atoms with E-state index < -0.39 is 0 Å². The molecular formula is C17H19Cl2N. The first-order valence-electron chi connectivity index (χ1n) is 7.19. The van der Waals surface area contributed by atoms with Gasteiger partial charge in [0.1, 0.15) is 0 Å². The molecule has 1 N–H and O–H groups in total. The minimum absolute atomic E-state index is 0.462. The van der Waals surface area contributed by atoms with Gasteiger partial charge < -0.3 is 5.32 Å². The van der Waals surface area contributed by atoms with Crippen LogP contribution in [-0.4, -0.2) is 7.05 Å². The van der Waals surface area contributed by atoms with Gasteiger partial charge in [-0.05, 0) is 55.3 Å². The maximum Gasteiger partial charge on any atom is 0.0548 e. The normalized spacial score (nSPS) is 29.4. The number of hydrogen-bond acceptors (Lipinski definition) is 1. The van der Waals surface area contributed by atoms with Gasteiger partial charge >= 0.3 is 0 Å². The summed E-state index contributed by atoms with van der Waals surface area (Å²) in [6, 6.07) is 9.27. The largest absolute Gasteiger partial charge is 0.313 e. The first-order chi connectivity index (χ1) is 9.70. The van der Waals surface area contributed by atoms with Crippen LogP contribution in [-0.2, 0) is 0 Å². The summed E-state index contributed by atoms with van der Waals surface area (Å²) < 4.78 is 0. The number of nitrogens with one attached hydrogen (secondary N) is 1. The van der Waals surface area contributed by atoms with E-state index in [-0.39, 0.29) is 0 Å². The van der Waals surface area contributed by atoms with Crippen molar-refractivity contribution in [2.24, 2.45) is 5.92 Å². The van der Waals surface area contributed by atoms with Crippen molar-refractivity contribution < 1.29 is 0 Å². The van der Waals surface area contributed by atoms with Crippen molar-refractivity contribution in [1.82, 2.24) is 5.32 Å². The molecule has 1 aromatic carbocycles. The average molecular weight is 308 g/mol. The Hall–Kier alpha value is -0.760. The molecule has 0 fully saturated rings. The molecule has 0 saturated heterocycles. The second kappa shape index (κ2) is 5.93. The van der Waals surface area contributed by atoms with E-state index in [9.17, 15) is 0 Å². The molecule has 20 heavy (non-hydrogen) atoms. The molecule has 0 amide bonds. The van der Waals surface area contributed by atoms with Crippen LogP contribution < -0.4 is 5.32 Å². The predicted octanol–water partition coefficient (Wildman–Crippen LogP) is 5.09. The summed E-state index contributed by atoms with van der Waals surface area (Å²) in [5.74, 6) is 1.01. The summed E-state index contributed by atoms with van der Waals surface area (Å²) in [5, 5.41) is 4.92. The Bertz CT molecular complexity index is 562. The van der Waals surface area contributed by atoms with Gasteiger partial charge in [-0.1, -0.05) is 53.5 Å². The standard InChI is InChI=1S/C17H19Cl2N/c1-20-17-9-7-12(13-4-2-3-5-14(13)17)11-6-8-15(18)16(19)10-11/h2-6,8,11-12,17,20H,7,9-10H2,1H3. The van der Waals surface area contributed by atoms with Crippen LogP contribution >= 0.6 is 23.2 Å². The molecule has 1 aromatic rings. The number of rotatable bonds is 2.